The normalized spacial score (nSPS) is 10.2. The highest BCUT2D eigenvalue weighted by Crippen LogP contribution is 2.23. The maximum absolute atomic E-state index is 10.7. The highest BCUT2D eigenvalue weighted by atomic mass is 79.9. The summed E-state index contributed by atoms with van der Waals surface area (Å²) in [7, 11) is 0. The number of anilines is 1. The summed E-state index contributed by atoms with van der Waals surface area (Å²) in [6.07, 6.45) is 1.37. The van der Waals surface area contributed by atoms with Crippen LogP contribution >= 0.6 is 15.9 Å². The molecule has 2 N–H and O–H groups in total. The number of aromatic nitrogens is 1. The van der Waals surface area contributed by atoms with E-state index in [4.69, 9.17) is 5.11 Å². The first-order chi connectivity index (χ1) is 9.06. The van der Waals surface area contributed by atoms with E-state index in [0.29, 0.717) is 6.54 Å². The van der Waals surface area contributed by atoms with Gasteiger partial charge in [-0.25, -0.2) is 4.79 Å². The second kappa shape index (κ2) is 5.84. The predicted octanol–water partition coefficient (Wildman–Crippen LogP) is 3.46. The van der Waals surface area contributed by atoms with Gasteiger partial charge in [-0.2, -0.15) is 0 Å². The largest absolute Gasteiger partial charge is 0.478 e. The molecule has 1 aromatic carbocycles. The van der Waals surface area contributed by atoms with Gasteiger partial charge >= 0.3 is 5.97 Å². The van der Waals surface area contributed by atoms with Crippen molar-refractivity contribution in [2.75, 3.05) is 5.32 Å². The van der Waals surface area contributed by atoms with E-state index >= 15 is 0 Å². The number of hydrogen-bond donors (Lipinski definition) is 2. The van der Waals surface area contributed by atoms with E-state index in [-0.39, 0.29) is 5.56 Å². The van der Waals surface area contributed by atoms with E-state index in [2.05, 4.69) is 26.2 Å². The Balaban J connectivity index is 2.06. The Morgan fingerprint density at radius 3 is 2.79 bits per heavy atom. The van der Waals surface area contributed by atoms with Gasteiger partial charge in [0.1, 0.15) is 0 Å². The van der Waals surface area contributed by atoms with Gasteiger partial charge in [-0.3, -0.25) is 4.98 Å². The van der Waals surface area contributed by atoms with E-state index in [1.54, 1.807) is 12.1 Å². The van der Waals surface area contributed by atoms with E-state index in [1.807, 2.05) is 25.1 Å². The van der Waals surface area contributed by atoms with Gasteiger partial charge in [0.25, 0.3) is 0 Å². The van der Waals surface area contributed by atoms with Crippen molar-refractivity contribution in [3.8, 4) is 0 Å². The first-order valence-electron chi connectivity index (χ1n) is 5.74. The molecule has 0 amide bonds. The van der Waals surface area contributed by atoms with Gasteiger partial charge in [-0.1, -0.05) is 6.07 Å². The molecule has 0 fully saturated rings. The van der Waals surface area contributed by atoms with Gasteiger partial charge in [0, 0.05) is 16.4 Å². The van der Waals surface area contributed by atoms with Crippen LogP contribution in [0.1, 0.15) is 21.6 Å². The van der Waals surface area contributed by atoms with Crippen LogP contribution in [0.4, 0.5) is 5.69 Å². The molecule has 4 nitrogen and oxygen atoms in total. The summed E-state index contributed by atoms with van der Waals surface area (Å²) in [4.78, 5) is 14.8. The Morgan fingerprint density at radius 2 is 2.16 bits per heavy atom. The molecular weight excluding hydrogens is 308 g/mol. The Kier molecular flexibility index (Phi) is 4.16. The Labute approximate surface area is 119 Å². The number of halogens is 1. The van der Waals surface area contributed by atoms with Crippen molar-refractivity contribution in [3.05, 3.63) is 57.8 Å². The van der Waals surface area contributed by atoms with Gasteiger partial charge in [0.15, 0.2) is 0 Å². The fourth-order valence-electron chi connectivity index (χ4n) is 1.62. The van der Waals surface area contributed by atoms with Crippen LogP contribution in [0.15, 0.2) is 41.0 Å². The molecule has 5 heteroatoms. The fraction of sp³-hybridized carbons (Fsp3) is 0.143. The molecule has 0 unspecified atom stereocenters. The molecule has 1 heterocycles. The van der Waals surface area contributed by atoms with Crippen LogP contribution in [0.5, 0.6) is 0 Å². The fourth-order valence-corrected chi connectivity index (χ4v) is 2.00. The third-order valence-corrected chi connectivity index (χ3v) is 3.35. The number of nitrogens with zero attached hydrogens (tertiary/aromatic N) is 1. The number of hydrogen-bond acceptors (Lipinski definition) is 3. The lowest BCUT2D eigenvalue weighted by molar-refractivity contribution is 0.0696. The van der Waals surface area contributed by atoms with Crippen molar-refractivity contribution in [3.63, 3.8) is 0 Å². The van der Waals surface area contributed by atoms with E-state index in [1.165, 1.54) is 11.8 Å². The van der Waals surface area contributed by atoms with E-state index in [0.717, 1.165) is 15.9 Å². The SMILES string of the molecule is Cc1ccc(Br)c(NCc2ccc(C(=O)O)cn2)c1. The number of rotatable bonds is 4. The molecule has 0 bridgehead atoms. The lowest BCUT2D eigenvalue weighted by Crippen LogP contribution is -2.04. The topological polar surface area (TPSA) is 62.2 Å². The zero-order valence-electron chi connectivity index (χ0n) is 10.4. The lowest BCUT2D eigenvalue weighted by atomic mass is 10.2. The molecule has 98 valence electrons. The van der Waals surface area contributed by atoms with Crippen molar-refractivity contribution in [1.82, 2.24) is 4.98 Å². The molecule has 0 aliphatic carbocycles. The molecule has 0 saturated heterocycles. The summed E-state index contributed by atoms with van der Waals surface area (Å²) in [6.45, 7) is 2.57. The van der Waals surface area contributed by atoms with Crippen LogP contribution in [0.2, 0.25) is 0 Å². The predicted molar refractivity (Wildman–Crippen MR) is 77.4 cm³/mol. The van der Waals surface area contributed by atoms with Crippen LogP contribution in [0, 0.1) is 6.92 Å². The highest BCUT2D eigenvalue weighted by Gasteiger charge is 2.04. The van der Waals surface area contributed by atoms with Crippen molar-refractivity contribution in [1.29, 1.82) is 0 Å². The van der Waals surface area contributed by atoms with Crippen LogP contribution < -0.4 is 5.32 Å². The van der Waals surface area contributed by atoms with Gasteiger partial charge in [0.2, 0.25) is 0 Å². The molecule has 0 aliphatic heterocycles. The number of carboxylic acid groups (broad SMARTS) is 1. The number of carboxylic acids is 1. The Bertz CT molecular complexity index is 597. The first kappa shape index (κ1) is 13.5. The summed E-state index contributed by atoms with van der Waals surface area (Å²) in [5.74, 6) is -0.964. The van der Waals surface area contributed by atoms with Gasteiger partial charge in [0.05, 0.1) is 17.8 Å². The molecule has 0 aliphatic rings. The highest BCUT2D eigenvalue weighted by molar-refractivity contribution is 9.10. The number of carbonyl (C=O) groups is 1. The maximum Gasteiger partial charge on any atom is 0.337 e. The number of nitrogens with one attached hydrogen (secondary N) is 1. The molecular formula is C14H13BrN2O2. The van der Waals surface area contributed by atoms with Gasteiger partial charge < -0.3 is 10.4 Å². The number of pyridine rings is 1. The number of aromatic carboxylic acids is 1. The zero-order chi connectivity index (χ0) is 13.8. The average Bonchev–Trinajstić information content (AvgIpc) is 2.40. The lowest BCUT2D eigenvalue weighted by Gasteiger charge is -2.09. The third kappa shape index (κ3) is 3.54. The smallest absolute Gasteiger partial charge is 0.337 e. The number of aryl methyl sites for hydroxylation is 1. The Hall–Kier alpha value is -1.88. The Morgan fingerprint density at radius 1 is 1.37 bits per heavy atom. The molecule has 2 rings (SSSR count). The molecule has 0 spiro atoms. The summed E-state index contributed by atoms with van der Waals surface area (Å²) in [6, 6.07) is 9.31. The van der Waals surface area contributed by atoms with Crippen LogP contribution in [-0.4, -0.2) is 16.1 Å². The zero-order valence-corrected chi connectivity index (χ0v) is 11.9. The molecule has 0 radical (unpaired) electrons. The first-order valence-corrected chi connectivity index (χ1v) is 6.54. The third-order valence-electron chi connectivity index (χ3n) is 2.65. The van der Waals surface area contributed by atoms with Crippen molar-refractivity contribution >= 4 is 27.6 Å². The minimum absolute atomic E-state index is 0.195. The second-order valence-corrected chi connectivity index (χ2v) is 5.03. The summed E-state index contributed by atoms with van der Waals surface area (Å²) in [5.41, 5.74) is 3.14. The molecule has 0 saturated carbocycles. The van der Waals surface area contributed by atoms with E-state index in [9.17, 15) is 4.79 Å². The number of benzene rings is 1. The average molecular weight is 321 g/mol. The second-order valence-electron chi connectivity index (χ2n) is 4.18. The molecule has 19 heavy (non-hydrogen) atoms. The van der Waals surface area contributed by atoms with Crippen molar-refractivity contribution in [2.45, 2.75) is 13.5 Å². The molecule has 2 aromatic rings. The maximum atomic E-state index is 10.7. The molecule has 0 atom stereocenters. The minimum Gasteiger partial charge on any atom is -0.478 e. The summed E-state index contributed by atoms with van der Waals surface area (Å²) >= 11 is 3.47. The van der Waals surface area contributed by atoms with Gasteiger partial charge in [-0.05, 0) is 52.7 Å². The van der Waals surface area contributed by atoms with Crippen LogP contribution in [0.3, 0.4) is 0 Å². The summed E-state index contributed by atoms with van der Waals surface area (Å²) < 4.78 is 0.986. The van der Waals surface area contributed by atoms with E-state index < -0.39 is 5.97 Å². The minimum atomic E-state index is -0.964. The van der Waals surface area contributed by atoms with Crippen LogP contribution in [0.25, 0.3) is 0 Å². The van der Waals surface area contributed by atoms with Crippen molar-refractivity contribution in [2.24, 2.45) is 0 Å². The molecule has 1 aromatic heterocycles. The van der Waals surface area contributed by atoms with Crippen molar-refractivity contribution < 1.29 is 9.90 Å². The van der Waals surface area contributed by atoms with Gasteiger partial charge in [-0.15, -0.1) is 0 Å². The summed E-state index contributed by atoms with van der Waals surface area (Å²) in [5, 5.41) is 12.1. The monoisotopic (exact) mass is 320 g/mol. The van der Waals surface area contributed by atoms with Crippen LogP contribution in [-0.2, 0) is 6.54 Å². The standard InChI is InChI=1S/C14H13BrN2O2/c1-9-2-5-12(15)13(6-9)17-8-11-4-3-10(7-16-11)14(18)19/h2-7,17H,8H2,1H3,(H,18,19). The quantitative estimate of drug-likeness (QED) is 0.905.